The molecule has 0 aliphatic rings. The van der Waals surface area contributed by atoms with E-state index in [9.17, 15) is 10.2 Å². The lowest BCUT2D eigenvalue weighted by Crippen LogP contribution is -1.98. The summed E-state index contributed by atoms with van der Waals surface area (Å²) in [4.78, 5) is 0. The Morgan fingerprint density at radius 3 is 2.10 bits per heavy atom. The Hall–Kier alpha value is -1.96. The minimum atomic E-state index is -0.0749. The molecule has 0 spiro atoms. The summed E-state index contributed by atoms with van der Waals surface area (Å²) < 4.78 is 0. The van der Waals surface area contributed by atoms with Crippen LogP contribution in [0.5, 0.6) is 11.5 Å². The first-order valence-electron chi connectivity index (χ1n) is 7.27. The molecule has 2 rings (SSSR count). The van der Waals surface area contributed by atoms with Crippen LogP contribution in [0.3, 0.4) is 0 Å². The summed E-state index contributed by atoms with van der Waals surface area (Å²) in [5.41, 5.74) is 6.13. The van der Waals surface area contributed by atoms with Crippen LogP contribution in [-0.4, -0.2) is 10.2 Å². The van der Waals surface area contributed by atoms with Crippen LogP contribution >= 0.6 is 0 Å². The highest BCUT2D eigenvalue weighted by atomic mass is 16.3. The molecule has 0 unspecified atom stereocenters. The molecule has 0 aliphatic heterocycles. The fraction of sp³-hybridized carbons (Fsp3) is 0.333. The predicted molar refractivity (Wildman–Crippen MR) is 83.3 cm³/mol. The number of phenolic OH excluding ortho intramolecular Hbond substituents is 2. The van der Waals surface area contributed by atoms with Gasteiger partial charge in [-0.15, -0.1) is 0 Å². The van der Waals surface area contributed by atoms with Crippen molar-refractivity contribution in [3.05, 3.63) is 47.0 Å². The largest absolute Gasteiger partial charge is 0.504 e. The van der Waals surface area contributed by atoms with Gasteiger partial charge < -0.3 is 10.2 Å². The molecule has 2 aromatic rings. The van der Waals surface area contributed by atoms with E-state index in [0.717, 1.165) is 24.8 Å². The number of hydrogen-bond acceptors (Lipinski definition) is 2. The molecule has 0 aliphatic carbocycles. The summed E-state index contributed by atoms with van der Waals surface area (Å²) in [5, 5.41) is 19.2. The van der Waals surface area contributed by atoms with Crippen molar-refractivity contribution < 1.29 is 10.2 Å². The molecule has 20 heavy (non-hydrogen) atoms. The summed E-state index contributed by atoms with van der Waals surface area (Å²) in [5.74, 6) is -0.140. The Morgan fingerprint density at radius 2 is 1.55 bits per heavy atom. The highest BCUT2D eigenvalue weighted by Gasteiger charge is 2.11. The summed E-state index contributed by atoms with van der Waals surface area (Å²) >= 11 is 0. The maximum atomic E-state index is 9.73. The van der Waals surface area contributed by atoms with Crippen molar-refractivity contribution in [3.63, 3.8) is 0 Å². The standard InChI is InChI=1S/C18H22O2/c1-4-12-9-13(5-2)15(6-3)16(10-12)14-7-8-17(19)18(20)11-14/h7-11,19-20H,4-6H2,1-3H3. The molecule has 2 nitrogen and oxygen atoms in total. The first-order chi connectivity index (χ1) is 9.60. The molecule has 0 saturated heterocycles. The van der Waals surface area contributed by atoms with Crippen molar-refractivity contribution in [3.8, 4) is 22.6 Å². The second-order valence-electron chi connectivity index (χ2n) is 5.05. The van der Waals surface area contributed by atoms with Crippen LogP contribution in [0.25, 0.3) is 11.1 Å². The fourth-order valence-corrected chi connectivity index (χ4v) is 2.68. The van der Waals surface area contributed by atoms with Gasteiger partial charge in [0.1, 0.15) is 0 Å². The summed E-state index contributed by atoms with van der Waals surface area (Å²) in [7, 11) is 0. The van der Waals surface area contributed by atoms with Gasteiger partial charge in [0.2, 0.25) is 0 Å². The molecule has 0 aromatic heterocycles. The summed E-state index contributed by atoms with van der Waals surface area (Å²) in [6.45, 7) is 6.48. The van der Waals surface area contributed by atoms with Crippen LogP contribution in [0.15, 0.2) is 30.3 Å². The van der Waals surface area contributed by atoms with E-state index in [0.29, 0.717) is 0 Å². The third-order valence-corrected chi connectivity index (χ3v) is 3.83. The summed E-state index contributed by atoms with van der Waals surface area (Å²) in [6.07, 6.45) is 2.96. The minimum absolute atomic E-state index is 0.0653. The molecule has 106 valence electrons. The van der Waals surface area contributed by atoms with Crippen molar-refractivity contribution in [2.45, 2.75) is 40.0 Å². The van der Waals surface area contributed by atoms with E-state index >= 15 is 0 Å². The summed E-state index contributed by atoms with van der Waals surface area (Å²) in [6, 6.07) is 9.53. The molecular weight excluding hydrogens is 248 g/mol. The highest BCUT2D eigenvalue weighted by molar-refractivity contribution is 5.72. The van der Waals surface area contributed by atoms with Crippen LogP contribution in [0.1, 0.15) is 37.5 Å². The van der Waals surface area contributed by atoms with Crippen molar-refractivity contribution in [1.29, 1.82) is 0 Å². The average molecular weight is 270 g/mol. The van der Waals surface area contributed by atoms with Gasteiger partial charge in [0.25, 0.3) is 0 Å². The second-order valence-corrected chi connectivity index (χ2v) is 5.05. The number of benzene rings is 2. The Morgan fingerprint density at radius 1 is 0.800 bits per heavy atom. The van der Waals surface area contributed by atoms with E-state index in [-0.39, 0.29) is 11.5 Å². The Bertz CT molecular complexity index is 615. The normalized spacial score (nSPS) is 10.8. The molecule has 0 fully saturated rings. The first kappa shape index (κ1) is 14.4. The molecule has 0 saturated carbocycles. The zero-order valence-electron chi connectivity index (χ0n) is 12.4. The number of aromatic hydroxyl groups is 2. The molecule has 2 heteroatoms. The van der Waals surface area contributed by atoms with Gasteiger partial charge in [0.15, 0.2) is 11.5 Å². The lowest BCUT2D eigenvalue weighted by molar-refractivity contribution is 0.404. The predicted octanol–water partition coefficient (Wildman–Crippen LogP) is 4.45. The SMILES string of the molecule is CCc1cc(CC)c(CC)c(-c2ccc(O)c(O)c2)c1. The molecule has 2 aromatic carbocycles. The molecule has 0 atom stereocenters. The fourth-order valence-electron chi connectivity index (χ4n) is 2.68. The zero-order valence-corrected chi connectivity index (χ0v) is 12.4. The third kappa shape index (κ3) is 2.64. The van der Waals surface area contributed by atoms with E-state index in [1.165, 1.54) is 22.3 Å². The second kappa shape index (κ2) is 6.00. The van der Waals surface area contributed by atoms with Gasteiger partial charge >= 0.3 is 0 Å². The number of rotatable bonds is 4. The van der Waals surface area contributed by atoms with Crippen molar-refractivity contribution >= 4 is 0 Å². The van der Waals surface area contributed by atoms with Gasteiger partial charge in [-0.25, -0.2) is 0 Å². The van der Waals surface area contributed by atoms with Crippen molar-refractivity contribution in [2.24, 2.45) is 0 Å². The Labute approximate surface area is 120 Å². The van der Waals surface area contributed by atoms with Gasteiger partial charge in [0.05, 0.1) is 0 Å². The van der Waals surface area contributed by atoms with Gasteiger partial charge in [0, 0.05) is 0 Å². The first-order valence-corrected chi connectivity index (χ1v) is 7.27. The number of hydrogen-bond donors (Lipinski definition) is 2. The van der Waals surface area contributed by atoms with Crippen LogP contribution in [-0.2, 0) is 19.3 Å². The van der Waals surface area contributed by atoms with Crippen molar-refractivity contribution in [1.82, 2.24) is 0 Å². The molecule has 0 amide bonds. The zero-order chi connectivity index (χ0) is 14.7. The lowest BCUT2D eigenvalue weighted by atomic mass is 9.89. The lowest BCUT2D eigenvalue weighted by Gasteiger charge is -2.16. The van der Waals surface area contributed by atoms with Crippen LogP contribution in [0, 0.1) is 0 Å². The van der Waals surface area contributed by atoms with E-state index in [2.05, 4.69) is 32.9 Å². The topological polar surface area (TPSA) is 40.5 Å². The number of aryl methyl sites for hydroxylation is 2. The average Bonchev–Trinajstić information content (AvgIpc) is 2.48. The molecular formula is C18H22O2. The highest BCUT2D eigenvalue weighted by Crippen LogP contribution is 2.34. The monoisotopic (exact) mass is 270 g/mol. The van der Waals surface area contributed by atoms with Gasteiger partial charge in [-0.1, -0.05) is 39.0 Å². The Balaban J connectivity index is 2.67. The Kier molecular flexibility index (Phi) is 4.33. The van der Waals surface area contributed by atoms with Gasteiger partial charge in [-0.3, -0.25) is 0 Å². The maximum absolute atomic E-state index is 9.73. The van der Waals surface area contributed by atoms with Crippen LogP contribution in [0.4, 0.5) is 0 Å². The maximum Gasteiger partial charge on any atom is 0.158 e. The van der Waals surface area contributed by atoms with Gasteiger partial charge in [-0.2, -0.15) is 0 Å². The molecule has 0 heterocycles. The minimum Gasteiger partial charge on any atom is -0.504 e. The van der Waals surface area contributed by atoms with Crippen LogP contribution in [0.2, 0.25) is 0 Å². The van der Waals surface area contributed by atoms with Gasteiger partial charge in [-0.05, 0) is 59.2 Å². The molecule has 0 radical (unpaired) electrons. The van der Waals surface area contributed by atoms with E-state index in [1.807, 2.05) is 6.07 Å². The quantitative estimate of drug-likeness (QED) is 0.806. The van der Waals surface area contributed by atoms with Crippen molar-refractivity contribution in [2.75, 3.05) is 0 Å². The van der Waals surface area contributed by atoms with E-state index < -0.39 is 0 Å². The molecule has 0 bridgehead atoms. The van der Waals surface area contributed by atoms with Crippen LogP contribution < -0.4 is 0 Å². The third-order valence-electron chi connectivity index (χ3n) is 3.83. The van der Waals surface area contributed by atoms with E-state index in [1.54, 1.807) is 12.1 Å². The smallest absolute Gasteiger partial charge is 0.158 e. The molecule has 2 N–H and O–H groups in total. The number of phenols is 2. The van der Waals surface area contributed by atoms with E-state index in [4.69, 9.17) is 0 Å².